The van der Waals surface area contributed by atoms with Crippen LogP contribution in [0.4, 0.5) is 0 Å². The highest BCUT2D eigenvalue weighted by Crippen LogP contribution is 2.19. The lowest BCUT2D eigenvalue weighted by Crippen LogP contribution is -2.22. The van der Waals surface area contributed by atoms with E-state index in [1.165, 1.54) is 11.3 Å². The van der Waals surface area contributed by atoms with Crippen LogP contribution >= 0.6 is 11.3 Å². The molecule has 0 spiro atoms. The van der Waals surface area contributed by atoms with E-state index in [4.69, 9.17) is 10.3 Å². The molecule has 1 amide bonds. The quantitative estimate of drug-likeness (QED) is 0.503. The predicted molar refractivity (Wildman–Crippen MR) is 81.3 cm³/mol. The Bertz CT molecular complexity index is 677. The van der Waals surface area contributed by atoms with Crippen LogP contribution < -0.4 is 10.1 Å². The lowest BCUT2D eigenvalue weighted by molar-refractivity contribution is 0.0954. The van der Waals surface area contributed by atoms with E-state index in [2.05, 4.69) is 15.3 Å². The van der Waals surface area contributed by atoms with Gasteiger partial charge in [-0.3, -0.25) is 4.79 Å². The summed E-state index contributed by atoms with van der Waals surface area (Å²) in [5.74, 6) is 0.589. The molecule has 0 saturated heterocycles. The maximum absolute atomic E-state index is 12.1. The number of thiophene rings is 1. The van der Waals surface area contributed by atoms with E-state index in [1.54, 1.807) is 19.2 Å². The second-order valence-corrected chi connectivity index (χ2v) is 5.32. The van der Waals surface area contributed by atoms with Gasteiger partial charge in [0.1, 0.15) is 5.75 Å². The Morgan fingerprint density at radius 3 is 2.95 bits per heavy atom. The number of amides is 1. The second-order valence-electron chi connectivity index (χ2n) is 4.15. The van der Waals surface area contributed by atoms with E-state index in [0.29, 0.717) is 11.4 Å². The fraction of sp³-hybridized carbons (Fsp3) is 0.214. The van der Waals surface area contributed by atoms with E-state index >= 15 is 0 Å². The third-order valence-electron chi connectivity index (χ3n) is 2.81. The van der Waals surface area contributed by atoms with Crippen molar-refractivity contribution < 1.29 is 9.53 Å². The number of carbonyl (C=O) groups excluding carboxylic acids is 1. The smallest absolute Gasteiger partial charge is 0.261 e. The van der Waals surface area contributed by atoms with Gasteiger partial charge in [-0.25, -0.2) is 0 Å². The van der Waals surface area contributed by atoms with Crippen molar-refractivity contribution in [3.05, 3.63) is 62.2 Å². The molecule has 1 aromatic heterocycles. The first-order valence-corrected chi connectivity index (χ1v) is 7.06. The summed E-state index contributed by atoms with van der Waals surface area (Å²) in [6.45, 7) is 0.660. The topological polar surface area (TPSA) is 87.1 Å². The maximum Gasteiger partial charge on any atom is 0.261 e. The molecule has 1 aromatic carbocycles. The third-order valence-corrected chi connectivity index (χ3v) is 3.88. The molecule has 0 radical (unpaired) electrons. The molecule has 0 fully saturated rings. The SMILES string of the molecule is COc1ccccc1CNC(=O)c1ccc(CN=[N+]=[N-])s1. The molecular weight excluding hydrogens is 288 g/mol. The van der Waals surface area contributed by atoms with Crippen LogP contribution in [-0.4, -0.2) is 13.0 Å². The maximum atomic E-state index is 12.1. The van der Waals surface area contributed by atoms with Crippen LogP contribution in [0.2, 0.25) is 0 Å². The molecule has 2 aromatic rings. The number of rotatable bonds is 6. The Kier molecular flexibility index (Phi) is 5.20. The molecule has 0 bridgehead atoms. The Morgan fingerprint density at radius 2 is 2.19 bits per heavy atom. The number of nitrogens with one attached hydrogen (secondary N) is 1. The molecule has 0 aliphatic carbocycles. The molecule has 0 atom stereocenters. The third kappa shape index (κ3) is 3.98. The summed E-state index contributed by atoms with van der Waals surface area (Å²) in [4.78, 5) is 16.2. The molecule has 108 valence electrons. The summed E-state index contributed by atoms with van der Waals surface area (Å²) in [5.41, 5.74) is 9.19. The zero-order chi connectivity index (χ0) is 15.1. The molecule has 0 saturated carbocycles. The minimum atomic E-state index is -0.155. The van der Waals surface area contributed by atoms with Gasteiger partial charge in [0.25, 0.3) is 5.91 Å². The van der Waals surface area contributed by atoms with Gasteiger partial charge in [-0.2, -0.15) is 0 Å². The second kappa shape index (κ2) is 7.33. The van der Waals surface area contributed by atoms with Crippen LogP contribution in [0.5, 0.6) is 5.75 Å². The van der Waals surface area contributed by atoms with E-state index < -0.39 is 0 Å². The van der Waals surface area contributed by atoms with Crippen LogP contribution in [0.15, 0.2) is 41.5 Å². The highest BCUT2D eigenvalue weighted by atomic mass is 32.1. The summed E-state index contributed by atoms with van der Waals surface area (Å²) in [5, 5.41) is 6.32. The number of hydrogen-bond acceptors (Lipinski definition) is 4. The van der Waals surface area contributed by atoms with Gasteiger partial charge in [-0.05, 0) is 23.7 Å². The summed E-state index contributed by atoms with van der Waals surface area (Å²) < 4.78 is 5.24. The largest absolute Gasteiger partial charge is 0.496 e. The first-order valence-electron chi connectivity index (χ1n) is 6.24. The summed E-state index contributed by atoms with van der Waals surface area (Å²) >= 11 is 1.32. The zero-order valence-electron chi connectivity index (χ0n) is 11.4. The minimum absolute atomic E-state index is 0.155. The lowest BCUT2D eigenvalue weighted by Gasteiger charge is -2.08. The van der Waals surface area contributed by atoms with Gasteiger partial charge in [-0.1, -0.05) is 23.3 Å². The van der Waals surface area contributed by atoms with E-state index in [9.17, 15) is 4.79 Å². The molecule has 6 nitrogen and oxygen atoms in total. The van der Waals surface area contributed by atoms with Crippen molar-refractivity contribution in [1.29, 1.82) is 0 Å². The number of carbonyl (C=O) groups is 1. The van der Waals surface area contributed by atoms with E-state index in [-0.39, 0.29) is 12.5 Å². The molecule has 7 heteroatoms. The zero-order valence-corrected chi connectivity index (χ0v) is 12.3. The van der Waals surface area contributed by atoms with E-state index in [1.807, 2.05) is 24.3 Å². The molecule has 1 heterocycles. The lowest BCUT2D eigenvalue weighted by atomic mass is 10.2. The van der Waals surface area contributed by atoms with Crippen molar-refractivity contribution in [2.75, 3.05) is 7.11 Å². The first kappa shape index (κ1) is 14.9. The Labute approximate surface area is 126 Å². The Hall–Kier alpha value is -2.50. The van der Waals surface area contributed by atoms with Gasteiger partial charge in [0.2, 0.25) is 0 Å². The van der Waals surface area contributed by atoms with Gasteiger partial charge >= 0.3 is 0 Å². The van der Waals surface area contributed by atoms with Crippen LogP contribution in [0.25, 0.3) is 10.4 Å². The fourth-order valence-electron chi connectivity index (χ4n) is 1.80. The molecule has 2 rings (SSSR count). The average molecular weight is 302 g/mol. The number of ether oxygens (including phenoxy) is 1. The van der Waals surface area contributed by atoms with E-state index in [0.717, 1.165) is 16.2 Å². The number of para-hydroxylation sites is 1. The highest BCUT2D eigenvalue weighted by molar-refractivity contribution is 7.14. The highest BCUT2D eigenvalue weighted by Gasteiger charge is 2.10. The monoisotopic (exact) mass is 302 g/mol. The predicted octanol–water partition coefficient (Wildman–Crippen LogP) is 3.50. The van der Waals surface area contributed by atoms with Crippen LogP contribution in [0.1, 0.15) is 20.1 Å². The van der Waals surface area contributed by atoms with Crippen molar-refractivity contribution in [1.82, 2.24) is 5.32 Å². The van der Waals surface area contributed by atoms with Gasteiger partial charge in [0.15, 0.2) is 0 Å². The summed E-state index contributed by atoms with van der Waals surface area (Å²) in [7, 11) is 1.60. The van der Waals surface area contributed by atoms with Crippen molar-refractivity contribution in [3.63, 3.8) is 0 Å². The fourth-order valence-corrected chi connectivity index (χ4v) is 2.64. The van der Waals surface area contributed by atoms with Crippen LogP contribution in [-0.2, 0) is 13.1 Å². The van der Waals surface area contributed by atoms with Gasteiger partial charge in [0, 0.05) is 21.9 Å². The van der Waals surface area contributed by atoms with Crippen molar-refractivity contribution in [2.45, 2.75) is 13.1 Å². The molecule has 0 unspecified atom stereocenters. The number of methoxy groups -OCH3 is 1. The number of azide groups is 1. The average Bonchev–Trinajstić information content (AvgIpc) is 2.99. The summed E-state index contributed by atoms with van der Waals surface area (Å²) in [6.07, 6.45) is 0. The molecule has 1 N–H and O–H groups in total. The van der Waals surface area contributed by atoms with Crippen LogP contribution in [0, 0.1) is 0 Å². The molecular formula is C14H14N4O2S. The van der Waals surface area contributed by atoms with Crippen LogP contribution in [0.3, 0.4) is 0 Å². The normalized spacial score (nSPS) is 9.76. The number of benzene rings is 1. The molecule has 0 aliphatic rings. The summed E-state index contributed by atoms with van der Waals surface area (Å²) in [6, 6.07) is 11.0. The Balaban J connectivity index is 1.98. The Morgan fingerprint density at radius 1 is 1.38 bits per heavy atom. The number of hydrogen-bond donors (Lipinski definition) is 1. The molecule has 21 heavy (non-hydrogen) atoms. The van der Waals surface area contributed by atoms with Gasteiger partial charge < -0.3 is 10.1 Å². The van der Waals surface area contributed by atoms with Gasteiger partial charge in [-0.15, -0.1) is 11.3 Å². The van der Waals surface area contributed by atoms with Crippen molar-refractivity contribution >= 4 is 17.2 Å². The number of nitrogens with zero attached hydrogens (tertiary/aromatic N) is 3. The first-order chi connectivity index (χ1) is 10.2. The van der Waals surface area contributed by atoms with Crippen molar-refractivity contribution in [3.8, 4) is 5.75 Å². The van der Waals surface area contributed by atoms with Crippen molar-refractivity contribution in [2.24, 2.45) is 5.11 Å². The van der Waals surface area contributed by atoms with Gasteiger partial charge in [0.05, 0.1) is 18.5 Å². The molecule has 0 aliphatic heterocycles. The standard InChI is InChI=1S/C14H14N4O2S/c1-20-12-5-3-2-4-10(12)8-16-14(19)13-7-6-11(21-13)9-17-18-15/h2-7H,8-9H2,1H3,(H,16,19). The minimum Gasteiger partial charge on any atom is -0.496 e.